The van der Waals surface area contributed by atoms with Crippen LogP contribution in [0.3, 0.4) is 0 Å². The number of piperidine rings is 1. The number of benzene rings is 2. The number of nitrogens with zero attached hydrogens (tertiary/aromatic N) is 2. The molecule has 0 aromatic heterocycles. The van der Waals surface area contributed by atoms with E-state index in [1.807, 2.05) is 30.3 Å². The molecule has 3 rings (SSSR count). The Kier molecular flexibility index (Phi) is 7.17. The summed E-state index contributed by atoms with van der Waals surface area (Å²) in [7, 11) is 3.31. The molecule has 1 amide bonds. The summed E-state index contributed by atoms with van der Waals surface area (Å²) in [5.41, 5.74) is 2.07. The van der Waals surface area contributed by atoms with Crippen LogP contribution in [0, 0.1) is 5.92 Å². The maximum absolute atomic E-state index is 12.5. The quantitative estimate of drug-likeness (QED) is 0.718. The lowest BCUT2D eigenvalue weighted by atomic mass is 9.96. The minimum Gasteiger partial charge on any atom is -0.493 e. The van der Waals surface area contributed by atoms with Crippen molar-refractivity contribution in [2.24, 2.45) is 5.92 Å². The molecule has 0 radical (unpaired) electrons. The number of carboxylic acid groups (broad SMARTS) is 1. The third kappa shape index (κ3) is 5.43. The first-order valence-corrected chi connectivity index (χ1v) is 10.0. The first-order chi connectivity index (χ1) is 14.5. The molecule has 160 valence electrons. The number of carboxylic acids is 1. The van der Waals surface area contributed by atoms with Gasteiger partial charge in [0.05, 0.1) is 13.0 Å². The zero-order valence-electron chi connectivity index (χ0n) is 17.4. The van der Waals surface area contributed by atoms with E-state index in [1.54, 1.807) is 31.2 Å². The molecule has 7 heteroatoms. The van der Waals surface area contributed by atoms with Crippen LogP contribution in [0.5, 0.6) is 11.5 Å². The smallest absolute Gasteiger partial charge is 0.306 e. The summed E-state index contributed by atoms with van der Waals surface area (Å²) in [5.74, 6) is 0.0321. The van der Waals surface area contributed by atoms with Gasteiger partial charge in [-0.1, -0.05) is 24.3 Å². The van der Waals surface area contributed by atoms with Gasteiger partial charge >= 0.3 is 5.97 Å². The van der Waals surface area contributed by atoms with Crippen molar-refractivity contribution in [2.45, 2.75) is 19.4 Å². The minimum absolute atomic E-state index is 0.0702. The molecule has 1 heterocycles. The molecule has 2 aromatic carbocycles. The number of rotatable bonds is 8. The SMILES string of the molecule is COc1ccccc1OCC(=O)N(C)Cc1cccc(N2CCC(C(=O)O)CC2)c1. The van der Waals surface area contributed by atoms with Gasteiger partial charge in [0.25, 0.3) is 5.91 Å². The van der Waals surface area contributed by atoms with Crippen LogP contribution in [0.25, 0.3) is 0 Å². The molecule has 30 heavy (non-hydrogen) atoms. The van der Waals surface area contributed by atoms with Crippen molar-refractivity contribution in [1.82, 2.24) is 4.90 Å². The third-order valence-electron chi connectivity index (χ3n) is 5.39. The van der Waals surface area contributed by atoms with E-state index < -0.39 is 5.97 Å². The molecular weight excluding hydrogens is 384 g/mol. The van der Waals surface area contributed by atoms with Gasteiger partial charge in [-0.15, -0.1) is 0 Å². The lowest BCUT2D eigenvalue weighted by Gasteiger charge is -2.32. The molecule has 0 spiro atoms. The molecule has 2 aromatic rings. The van der Waals surface area contributed by atoms with E-state index in [2.05, 4.69) is 11.0 Å². The Hall–Kier alpha value is -3.22. The molecule has 0 atom stereocenters. The van der Waals surface area contributed by atoms with Gasteiger partial charge in [-0.3, -0.25) is 9.59 Å². The summed E-state index contributed by atoms with van der Waals surface area (Å²) in [6.45, 7) is 1.84. The Morgan fingerprint density at radius 3 is 2.47 bits per heavy atom. The van der Waals surface area contributed by atoms with E-state index in [-0.39, 0.29) is 18.4 Å². The predicted octanol–water partition coefficient (Wildman–Crippen LogP) is 3.03. The fourth-order valence-electron chi connectivity index (χ4n) is 3.59. The average Bonchev–Trinajstić information content (AvgIpc) is 2.77. The van der Waals surface area contributed by atoms with Crippen molar-refractivity contribution in [1.29, 1.82) is 0 Å². The van der Waals surface area contributed by atoms with Crippen LogP contribution in [0.15, 0.2) is 48.5 Å². The minimum atomic E-state index is -0.709. The molecule has 1 fully saturated rings. The van der Waals surface area contributed by atoms with E-state index in [0.29, 0.717) is 30.9 Å². The van der Waals surface area contributed by atoms with Crippen LogP contribution in [-0.4, -0.2) is 55.7 Å². The van der Waals surface area contributed by atoms with E-state index in [0.717, 1.165) is 24.3 Å². The monoisotopic (exact) mass is 412 g/mol. The number of carbonyl (C=O) groups is 2. The lowest BCUT2D eigenvalue weighted by molar-refractivity contribution is -0.142. The van der Waals surface area contributed by atoms with Gasteiger partial charge < -0.3 is 24.4 Å². The number of likely N-dealkylation sites (N-methyl/N-ethyl adjacent to an activating group) is 1. The number of carbonyl (C=O) groups excluding carboxylic acids is 1. The van der Waals surface area contributed by atoms with Gasteiger partial charge in [-0.25, -0.2) is 0 Å². The van der Waals surface area contributed by atoms with E-state index in [4.69, 9.17) is 14.6 Å². The van der Waals surface area contributed by atoms with Crippen molar-refractivity contribution in [3.8, 4) is 11.5 Å². The zero-order chi connectivity index (χ0) is 21.5. The number of anilines is 1. The summed E-state index contributed by atoms with van der Waals surface area (Å²) in [4.78, 5) is 27.5. The number of methoxy groups -OCH3 is 1. The fourth-order valence-corrected chi connectivity index (χ4v) is 3.59. The lowest BCUT2D eigenvalue weighted by Crippen LogP contribution is -2.36. The Balaban J connectivity index is 1.55. The number of hydrogen-bond donors (Lipinski definition) is 1. The Morgan fingerprint density at radius 1 is 1.10 bits per heavy atom. The maximum atomic E-state index is 12.5. The van der Waals surface area contributed by atoms with Gasteiger partial charge in [-0.2, -0.15) is 0 Å². The summed E-state index contributed by atoms with van der Waals surface area (Å²) in [6.07, 6.45) is 1.30. The van der Waals surface area contributed by atoms with Gasteiger partial charge in [0.1, 0.15) is 0 Å². The largest absolute Gasteiger partial charge is 0.493 e. The molecule has 1 aliphatic rings. The second-order valence-electron chi connectivity index (χ2n) is 7.46. The molecule has 1 aliphatic heterocycles. The molecule has 0 aliphatic carbocycles. The maximum Gasteiger partial charge on any atom is 0.306 e. The topological polar surface area (TPSA) is 79.3 Å². The molecule has 0 unspecified atom stereocenters. The van der Waals surface area contributed by atoms with E-state index in [1.165, 1.54) is 0 Å². The highest BCUT2D eigenvalue weighted by molar-refractivity contribution is 5.77. The van der Waals surface area contributed by atoms with Crippen LogP contribution >= 0.6 is 0 Å². The Labute approximate surface area is 176 Å². The zero-order valence-corrected chi connectivity index (χ0v) is 17.4. The Bertz CT molecular complexity index is 877. The number of amides is 1. The standard InChI is InChI=1S/C23H28N2O5/c1-24(22(26)16-30-21-9-4-3-8-20(21)29-2)15-17-6-5-7-19(14-17)25-12-10-18(11-13-25)23(27)28/h3-9,14,18H,10-13,15-16H2,1-2H3,(H,27,28). The first kappa shape index (κ1) is 21.5. The molecule has 1 N–H and O–H groups in total. The Morgan fingerprint density at radius 2 is 1.80 bits per heavy atom. The predicted molar refractivity (Wildman–Crippen MR) is 114 cm³/mol. The van der Waals surface area contributed by atoms with Crippen LogP contribution in [0.2, 0.25) is 0 Å². The van der Waals surface area contributed by atoms with Gasteiger partial charge in [0.15, 0.2) is 18.1 Å². The van der Waals surface area contributed by atoms with Crippen molar-refractivity contribution >= 4 is 17.6 Å². The van der Waals surface area contributed by atoms with Crippen molar-refractivity contribution in [3.05, 3.63) is 54.1 Å². The van der Waals surface area contributed by atoms with Crippen molar-refractivity contribution in [3.63, 3.8) is 0 Å². The highest BCUT2D eigenvalue weighted by Gasteiger charge is 2.24. The third-order valence-corrected chi connectivity index (χ3v) is 5.39. The second-order valence-corrected chi connectivity index (χ2v) is 7.46. The second kappa shape index (κ2) is 10.0. The summed E-state index contributed by atoms with van der Waals surface area (Å²) >= 11 is 0. The van der Waals surface area contributed by atoms with Crippen LogP contribution in [-0.2, 0) is 16.1 Å². The summed E-state index contributed by atoms with van der Waals surface area (Å²) in [6, 6.07) is 15.3. The van der Waals surface area contributed by atoms with Gasteiger partial charge in [-0.05, 0) is 42.7 Å². The summed E-state index contributed by atoms with van der Waals surface area (Å²) in [5, 5.41) is 9.16. The highest BCUT2D eigenvalue weighted by atomic mass is 16.5. The molecule has 1 saturated heterocycles. The number of hydrogen-bond acceptors (Lipinski definition) is 5. The van der Waals surface area contributed by atoms with E-state index >= 15 is 0 Å². The number of aliphatic carboxylic acids is 1. The summed E-state index contributed by atoms with van der Waals surface area (Å²) < 4.78 is 10.9. The molecular formula is C23H28N2O5. The van der Waals surface area contributed by atoms with Crippen LogP contribution in [0.1, 0.15) is 18.4 Å². The van der Waals surface area contributed by atoms with Crippen LogP contribution < -0.4 is 14.4 Å². The van der Waals surface area contributed by atoms with Gasteiger partial charge in [0, 0.05) is 32.4 Å². The van der Waals surface area contributed by atoms with Crippen LogP contribution in [0.4, 0.5) is 5.69 Å². The van der Waals surface area contributed by atoms with E-state index in [9.17, 15) is 9.59 Å². The number of para-hydroxylation sites is 2. The number of ether oxygens (including phenoxy) is 2. The molecule has 0 saturated carbocycles. The average molecular weight is 412 g/mol. The van der Waals surface area contributed by atoms with Crippen molar-refractivity contribution in [2.75, 3.05) is 38.8 Å². The molecule has 7 nitrogen and oxygen atoms in total. The van der Waals surface area contributed by atoms with Gasteiger partial charge in [0.2, 0.25) is 0 Å². The fraction of sp³-hybridized carbons (Fsp3) is 0.391. The normalized spacial score (nSPS) is 14.3. The first-order valence-electron chi connectivity index (χ1n) is 10.0. The van der Waals surface area contributed by atoms with Crippen molar-refractivity contribution < 1.29 is 24.2 Å². The highest BCUT2D eigenvalue weighted by Crippen LogP contribution is 2.26. The molecule has 0 bridgehead atoms.